The number of para-hydroxylation sites is 1. The Bertz CT molecular complexity index is 764. The van der Waals surface area contributed by atoms with Gasteiger partial charge in [0.05, 0.1) is 12.1 Å². The van der Waals surface area contributed by atoms with Crippen LogP contribution < -0.4 is 5.32 Å². The van der Waals surface area contributed by atoms with Crippen molar-refractivity contribution in [2.24, 2.45) is 0 Å². The molecule has 0 atom stereocenters. The fourth-order valence-electron chi connectivity index (χ4n) is 2.07. The molecular weight excluding hydrogens is 254 g/mol. The van der Waals surface area contributed by atoms with Gasteiger partial charge in [-0.2, -0.15) is 5.10 Å². The average molecular weight is 267 g/mol. The molecule has 1 aromatic heterocycles. The molecule has 0 aliphatic rings. The van der Waals surface area contributed by atoms with E-state index in [-0.39, 0.29) is 12.5 Å². The van der Waals surface area contributed by atoms with Gasteiger partial charge in [0, 0.05) is 11.1 Å². The third kappa shape index (κ3) is 2.26. The number of aromatic nitrogens is 2. The fraction of sp³-hybridized carbons (Fsp3) is 0.0667. The lowest BCUT2D eigenvalue weighted by atomic mass is 10.2. The molecule has 0 saturated heterocycles. The van der Waals surface area contributed by atoms with Crippen molar-refractivity contribution in [2.45, 2.75) is 6.61 Å². The maximum atomic E-state index is 12.2. The number of aromatic amines is 1. The minimum atomic E-state index is -0.280. The molecule has 1 amide bonds. The van der Waals surface area contributed by atoms with Crippen LogP contribution in [0.15, 0.2) is 48.5 Å². The number of amides is 1. The second kappa shape index (κ2) is 5.14. The van der Waals surface area contributed by atoms with Crippen molar-refractivity contribution in [3.8, 4) is 0 Å². The van der Waals surface area contributed by atoms with Crippen LogP contribution in [0.4, 0.5) is 5.69 Å². The Morgan fingerprint density at radius 2 is 2.05 bits per heavy atom. The van der Waals surface area contributed by atoms with Crippen LogP contribution in [-0.2, 0) is 6.61 Å². The predicted molar refractivity (Wildman–Crippen MR) is 76.4 cm³/mol. The summed E-state index contributed by atoms with van der Waals surface area (Å²) in [6, 6.07) is 14.5. The number of hydrogen-bond donors (Lipinski definition) is 3. The van der Waals surface area contributed by atoms with Gasteiger partial charge >= 0.3 is 0 Å². The van der Waals surface area contributed by atoms with Gasteiger partial charge in [-0.1, -0.05) is 30.3 Å². The summed E-state index contributed by atoms with van der Waals surface area (Å²) in [5.41, 5.74) is 2.56. The van der Waals surface area contributed by atoms with E-state index in [1.165, 1.54) is 0 Å². The number of H-pyrrole nitrogens is 1. The second-order valence-electron chi connectivity index (χ2n) is 4.43. The summed E-state index contributed by atoms with van der Waals surface area (Å²) in [7, 11) is 0. The Balaban J connectivity index is 1.89. The van der Waals surface area contributed by atoms with E-state index >= 15 is 0 Å². The molecule has 0 saturated carbocycles. The summed E-state index contributed by atoms with van der Waals surface area (Å²) < 4.78 is 0. The minimum Gasteiger partial charge on any atom is -0.392 e. The van der Waals surface area contributed by atoms with Gasteiger partial charge in [-0.05, 0) is 23.8 Å². The molecule has 0 unspecified atom stereocenters. The zero-order chi connectivity index (χ0) is 13.9. The van der Waals surface area contributed by atoms with E-state index in [1.807, 2.05) is 24.3 Å². The lowest BCUT2D eigenvalue weighted by molar-refractivity contribution is 0.102. The highest BCUT2D eigenvalue weighted by Gasteiger charge is 2.13. The molecule has 3 rings (SSSR count). The zero-order valence-electron chi connectivity index (χ0n) is 10.6. The van der Waals surface area contributed by atoms with Gasteiger partial charge in [-0.3, -0.25) is 9.89 Å². The van der Waals surface area contributed by atoms with Gasteiger partial charge in [-0.25, -0.2) is 0 Å². The molecule has 0 spiro atoms. The second-order valence-corrected chi connectivity index (χ2v) is 4.43. The van der Waals surface area contributed by atoms with E-state index in [1.54, 1.807) is 24.3 Å². The first-order valence-corrected chi connectivity index (χ1v) is 6.22. The highest BCUT2D eigenvalue weighted by molar-refractivity contribution is 6.11. The van der Waals surface area contributed by atoms with E-state index in [2.05, 4.69) is 15.5 Å². The van der Waals surface area contributed by atoms with Crippen LogP contribution in [0.3, 0.4) is 0 Å². The van der Waals surface area contributed by atoms with Gasteiger partial charge in [0.1, 0.15) is 0 Å². The number of nitrogens with one attached hydrogen (secondary N) is 2. The van der Waals surface area contributed by atoms with Crippen molar-refractivity contribution in [3.05, 3.63) is 59.8 Å². The third-order valence-corrected chi connectivity index (χ3v) is 3.05. The number of benzene rings is 2. The lowest BCUT2D eigenvalue weighted by Crippen LogP contribution is -2.12. The van der Waals surface area contributed by atoms with Gasteiger partial charge in [0.15, 0.2) is 5.69 Å². The van der Waals surface area contributed by atoms with E-state index in [4.69, 9.17) is 5.11 Å². The molecule has 5 nitrogen and oxygen atoms in total. The molecule has 20 heavy (non-hydrogen) atoms. The Hall–Kier alpha value is -2.66. The number of carbonyl (C=O) groups is 1. The average Bonchev–Trinajstić information content (AvgIpc) is 2.91. The number of rotatable bonds is 3. The van der Waals surface area contributed by atoms with Crippen LogP contribution in [0, 0.1) is 0 Å². The number of aliphatic hydroxyl groups excluding tert-OH is 1. The molecule has 0 fully saturated rings. The van der Waals surface area contributed by atoms with Crippen LogP contribution in [0.2, 0.25) is 0 Å². The lowest BCUT2D eigenvalue weighted by Gasteiger charge is -2.05. The van der Waals surface area contributed by atoms with E-state index in [9.17, 15) is 4.79 Å². The summed E-state index contributed by atoms with van der Waals surface area (Å²) >= 11 is 0. The molecule has 3 N–H and O–H groups in total. The van der Waals surface area contributed by atoms with Crippen molar-refractivity contribution in [1.82, 2.24) is 10.2 Å². The Labute approximate surface area is 115 Å². The van der Waals surface area contributed by atoms with E-state index in [0.717, 1.165) is 16.5 Å². The summed E-state index contributed by atoms with van der Waals surface area (Å²) in [6.07, 6.45) is 0. The monoisotopic (exact) mass is 267 g/mol. The van der Waals surface area contributed by atoms with Crippen LogP contribution in [0.5, 0.6) is 0 Å². The van der Waals surface area contributed by atoms with Gasteiger partial charge in [0.2, 0.25) is 0 Å². The third-order valence-electron chi connectivity index (χ3n) is 3.05. The van der Waals surface area contributed by atoms with Crippen molar-refractivity contribution in [1.29, 1.82) is 0 Å². The molecule has 1 heterocycles. The highest BCUT2D eigenvalue weighted by Crippen LogP contribution is 2.17. The zero-order valence-corrected chi connectivity index (χ0v) is 10.6. The molecule has 0 bridgehead atoms. The number of anilines is 1. The maximum absolute atomic E-state index is 12.2. The minimum absolute atomic E-state index is 0.0605. The number of nitrogens with zero attached hydrogens (tertiary/aromatic N) is 1. The predicted octanol–water partition coefficient (Wildman–Crippen LogP) is 2.31. The van der Waals surface area contributed by atoms with Gasteiger partial charge < -0.3 is 10.4 Å². The Morgan fingerprint density at radius 1 is 1.20 bits per heavy atom. The summed E-state index contributed by atoms with van der Waals surface area (Å²) in [5.74, 6) is -0.280. The smallest absolute Gasteiger partial charge is 0.276 e. The Kier molecular flexibility index (Phi) is 3.18. The van der Waals surface area contributed by atoms with E-state index < -0.39 is 0 Å². The summed E-state index contributed by atoms with van der Waals surface area (Å²) in [4.78, 5) is 12.2. The first-order valence-electron chi connectivity index (χ1n) is 6.22. The topological polar surface area (TPSA) is 78.0 Å². The van der Waals surface area contributed by atoms with Crippen LogP contribution in [0.25, 0.3) is 10.9 Å². The fourth-order valence-corrected chi connectivity index (χ4v) is 2.07. The molecule has 5 heteroatoms. The maximum Gasteiger partial charge on any atom is 0.276 e. The van der Waals surface area contributed by atoms with Crippen LogP contribution in [0.1, 0.15) is 16.1 Å². The molecule has 2 aromatic carbocycles. The normalized spacial score (nSPS) is 10.7. The molecule has 3 aromatic rings. The van der Waals surface area contributed by atoms with Crippen LogP contribution in [-0.4, -0.2) is 21.2 Å². The SMILES string of the molecule is O=C(Nc1cccc(CO)c1)c1n[nH]c2ccccc12. The first kappa shape index (κ1) is 12.4. The number of fused-ring (bicyclic) bond motifs is 1. The summed E-state index contributed by atoms with van der Waals surface area (Å²) in [6.45, 7) is -0.0605. The molecule has 100 valence electrons. The number of aliphatic hydroxyl groups is 1. The van der Waals surface area contributed by atoms with Crippen molar-refractivity contribution < 1.29 is 9.90 Å². The van der Waals surface area contributed by atoms with Crippen molar-refractivity contribution in [3.63, 3.8) is 0 Å². The molecular formula is C15H13N3O2. The summed E-state index contributed by atoms with van der Waals surface area (Å²) in [5, 5.41) is 19.5. The first-order chi connectivity index (χ1) is 9.78. The van der Waals surface area contributed by atoms with Gasteiger partial charge in [-0.15, -0.1) is 0 Å². The quantitative estimate of drug-likeness (QED) is 0.681. The molecule has 0 aliphatic heterocycles. The highest BCUT2D eigenvalue weighted by atomic mass is 16.3. The van der Waals surface area contributed by atoms with E-state index in [0.29, 0.717) is 11.4 Å². The standard InChI is InChI=1S/C15H13N3O2/c19-9-10-4-3-5-11(8-10)16-15(20)14-12-6-1-2-7-13(12)17-18-14/h1-8,19H,9H2,(H,16,20)(H,17,18). The molecule has 0 aliphatic carbocycles. The van der Waals surface area contributed by atoms with Crippen molar-refractivity contribution >= 4 is 22.5 Å². The van der Waals surface area contributed by atoms with Crippen LogP contribution >= 0.6 is 0 Å². The van der Waals surface area contributed by atoms with Gasteiger partial charge in [0.25, 0.3) is 5.91 Å². The van der Waals surface area contributed by atoms with Crippen molar-refractivity contribution in [2.75, 3.05) is 5.32 Å². The Morgan fingerprint density at radius 3 is 2.90 bits per heavy atom. The number of carbonyl (C=O) groups excluding carboxylic acids is 1. The molecule has 0 radical (unpaired) electrons. The largest absolute Gasteiger partial charge is 0.392 e. The number of hydrogen-bond acceptors (Lipinski definition) is 3.